The molecule has 1 N–H and O–H groups in total. The van der Waals surface area contributed by atoms with Gasteiger partial charge in [0, 0.05) is 0 Å². The molecule has 0 heterocycles. The van der Waals surface area contributed by atoms with Crippen molar-refractivity contribution in [1.82, 2.24) is 0 Å². The third kappa shape index (κ3) is 7.36. The first-order valence-corrected chi connectivity index (χ1v) is 9.27. The van der Waals surface area contributed by atoms with E-state index in [1.54, 1.807) is 0 Å². The van der Waals surface area contributed by atoms with Crippen molar-refractivity contribution in [3.8, 4) is 5.75 Å². The largest absolute Gasteiger partial charge is 0.524 e. The second kappa shape index (κ2) is 10.1. The fraction of sp³-hybridized carbons (Fsp3) is 0.562. The Kier molecular flexibility index (Phi) is 8.47. The van der Waals surface area contributed by atoms with Crippen LogP contribution in [-0.2, 0) is 19.0 Å². The smallest absolute Gasteiger partial charge is 0.506 e. The second-order valence-corrected chi connectivity index (χ2v) is 6.74. The van der Waals surface area contributed by atoms with Gasteiger partial charge in [0.05, 0.1) is 6.61 Å². The Morgan fingerprint density at radius 3 is 2.30 bits per heavy atom. The monoisotopic (exact) mass is 344 g/mol. The number of carbonyl (C=O) groups excluding carboxylic acids is 1. The molecule has 6 nitrogen and oxygen atoms in total. The first-order chi connectivity index (χ1) is 11.0. The summed E-state index contributed by atoms with van der Waals surface area (Å²) in [7, 11) is -4.37. The summed E-state index contributed by atoms with van der Waals surface area (Å²) in [5.41, 5.74) is 0. The SMILES string of the molecule is CCCCCCCCCOC(=O)OS(=O)(=O)c1ccccc1O. The lowest BCUT2D eigenvalue weighted by atomic mass is 10.1. The standard InChI is InChI=1S/C16H24O6S/c1-2-3-4-5-6-7-10-13-21-16(18)22-23(19,20)15-12-9-8-11-14(15)17/h8-9,11-12,17H,2-7,10,13H2,1H3. The summed E-state index contributed by atoms with van der Waals surface area (Å²) in [6.45, 7) is 2.27. The molecule has 1 aromatic carbocycles. The van der Waals surface area contributed by atoms with Gasteiger partial charge < -0.3 is 14.0 Å². The molecule has 0 atom stereocenters. The minimum atomic E-state index is -4.37. The predicted octanol–water partition coefficient (Wildman–Crippen LogP) is 3.98. The van der Waals surface area contributed by atoms with Crippen molar-refractivity contribution in [3.63, 3.8) is 0 Å². The van der Waals surface area contributed by atoms with Gasteiger partial charge in [-0.2, -0.15) is 8.42 Å². The van der Waals surface area contributed by atoms with Crippen molar-refractivity contribution < 1.29 is 27.2 Å². The molecule has 0 aliphatic heterocycles. The number of rotatable bonds is 10. The maximum Gasteiger partial charge on any atom is 0.524 e. The van der Waals surface area contributed by atoms with Crippen LogP contribution in [0.3, 0.4) is 0 Å². The molecular weight excluding hydrogens is 320 g/mol. The molecule has 0 saturated heterocycles. The lowest BCUT2D eigenvalue weighted by Crippen LogP contribution is -2.15. The van der Waals surface area contributed by atoms with Crippen molar-refractivity contribution in [1.29, 1.82) is 0 Å². The van der Waals surface area contributed by atoms with Crippen LogP contribution >= 0.6 is 0 Å². The van der Waals surface area contributed by atoms with Crippen LogP contribution in [0.15, 0.2) is 29.2 Å². The highest BCUT2D eigenvalue weighted by molar-refractivity contribution is 7.87. The zero-order valence-corrected chi connectivity index (χ0v) is 14.2. The van der Waals surface area contributed by atoms with Crippen LogP contribution in [0.2, 0.25) is 0 Å². The molecule has 0 aromatic heterocycles. The van der Waals surface area contributed by atoms with Gasteiger partial charge in [-0.1, -0.05) is 57.6 Å². The van der Waals surface area contributed by atoms with Gasteiger partial charge in [-0.05, 0) is 18.6 Å². The zero-order valence-electron chi connectivity index (χ0n) is 13.4. The molecule has 0 saturated carbocycles. The molecule has 1 rings (SSSR count). The van der Waals surface area contributed by atoms with E-state index in [2.05, 4.69) is 11.1 Å². The van der Waals surface area contributed by atoms with E-state index < -0.39 is 26.9 Å². The average Bonchev–Trinajstić information content (AvgIpc) is 2.49. The maximum absolute atomic E-state index is 11.8. The van der Waals surface area contributed by atoms with E-state index in [-0.39, 0.29) is 6.61 Å². The van der Waals surface area contributed by atoms with Crippen molar-refractivity contribution >= 4 is 16.3 Å². The lowest BCUT2D eigenvalue weighted by molar-refractivity contribution is 0.0995. The summed E-state index contributed by atoms with van der Waals surface area (Å²) >= 11 is 0. The molecule has 0 amide bonds. The molecule has 0 fully saturated rings. The van der Waals surface area contributed by atoms with Crippen LogP contribution in [0.5, 0.6) is 5.75 Å². The first-order valence-electron chi connectivity index (χ1n) is 7.86. The third-order valence-corrected chi connectivity index (χ3v) is 4.52. The highest BCUT2D eigenvalue weighted by Crippen LogP contribution is 2.23. The number of phenols is 1. The summed E-state index contributed by atoms with van der Waals surface area (Å²) in [6, 6.07) is 5.22. The molecule has 0 spiro atoms. The second-order valence-electron chi connectivity index (χ2n) is 5.22. The number of hydrogen-bond acceptors (Lipinski definition) is 6. The number of carbonyl (C=O) groups is 1. The quantitative estimate of drug-likeness (QED) is 0.392. The minimum Gasteiger partial charge on any atom is -0.506 e. The Morgan fingerprint density at radius 2 is 1.65 bits per heavy atom. The summed E-state index contributed by atoms with van der Waals surface area (Å²) in [4.78, 5) is 10.9. The van der Waals surface area contributed by atoms with Crippen LogP contribution in [0.4, 0.5) is 4.79 Å². The molecule has 0 unspecified atom stereocenters. The Balaban J connectivity index is 2.27. The van der Waals surface area contributed by atoms with Crippen LogP contribution in [0.25, 0.3) is 0 Å². The number of aromatic hydroxyl groups is 1. The van der Waals surface area contributed by atoms with E-state index in [1.807, 2.05) is 0 Å². The predicted molar refractivity (Wildman–Crippen MR) is 85.7 cm³/mol. The fourth-order valence-electron chi connectivity index (χ4n) is 2.04. The summed E-state index contributed by atoms with van der Waals surface area (Å²) in [5.74, 6) is -0.479. The van der Waals surface area contributed by atoms with Gasteiger partial charge in [-0.3, -0.25) is 0 Å². The van der Waals surface area contributed by atoms with Crippen LogP contribution in [0.1, 0.15) is 51.9 Å². The maximum atomic E-state index is 11.8. The van der Waals surface area contributed by atoms with E-state index in [9.17, 15) is 18.3 Å². The van der Waals surface area contributed by atoms with Gasteiger partial charge in [0.1, 0.15) is 10.6 Å². The number of benzene rings is 1. The number of ether oxygens (including phenoxy) is 1. The summed E-state index contributed by atoms with van der Waals surface area (Å²) in [6.07, 6.45) is 6.15. The Bertz CT molecular complexity index is 582. The normalized spacial score (nSPS) is 11.2. The van der Waals surface area contributed by atoms with Crippen molar-refractivity contribution in [2.24, 2.45) is 0 Å². The van der Waals surface area contributed by atoms with Crippen LogP contribution < -0.4 is 0 Å². The van der Waals surface area contributed by atoms with Gasteiger partial charge in [-0.15, -0.1) is 0 Å². The highest BCUT2D eigenvalue weighted by atomic mass is 32.2. The molecule has 0 radical (unpaired) electrons. The zero-order chi connectivity index (χ0) is 17.1. The summed E-state index contributed by atoms with van der Waals surface area (Å²) in [5, 5.41) is 9.48. The van der Waals surface area contributed by atoms with Crippen LogP contribution in [-0.4, -0.2) is 26.3 Å². The molecule has 7 heteroatoms. The van der Waals surface area contributed by atoms with Gasteiger partial charge >= 0.3 is 16.3 Å². The van der Waals surface area contributed by atoms with Gasteiger partial charge in [0.15, 0.2) is 0 Å². The average molecular weight is 344 g/mol. The molecule has 130 valence electrons. The molecule has 23 heavy (non-hydrogen) atoms. The number of hydrogen-bond donors (Lipinski definition) is 1. The molecule has 0 bridgehead atoms. The highest BCUT2D eigenvalue weighted by Gasteiger charge is 2.24. The van der Waals surface area contributed by atoms with E-state index in [1.165, 1.54) is 37.5 Å². The Labute approximate surface area is 137 Å². The molecule has 0 aliphatic rings. The van der Waals surface area contributed by atoms with Gasteiger partial charge in [0.2, 0.25) is 0 Å². The molecule has 0 aliphatic carbocycles. The van der Waals surface area contributed by atoms with E-state index >= 15 is 0 Å². The van der Waals surface area contributed by atoms with E-state index in [4.69, 9.17) is 4.74 Å². The van der Waals surface area contributed by atoms with Crippen molar-refractivity contribution in [2.75, 3.05) is 6.61 Å². The minimum absolute atomic E-state index is 0.114. The number of phenolic OH excluding ortho intramolecular Hbond substituents is 1. The number of unbranched alkanes of at least 4 members (excludes halogenated alkanes) is 6. The number of para-hydroxylation sites is 1. The van der Waals surface area contributed by atoms with Crippen LogP contribution in [0, 0.1) is 0 Å². The first kappa shape index (κ1) is 19.3. The fourth-order valence-corrected chi connectivity index (χ4v) is 2.93. The topological polar surface area (TPSA) is 89.9 Å². The Hall–Kier alpha value is -1.76. The van der Waals surface area contributed by atoms with Crippen molar-refractivity contribution in [2.45, 2.75) is 56.8 Å². The van der Waals surface area contributed by atoms with E-state index in [0.29, 0.717) is 6.42 Å². The molecule has 1 aromatic rings. The Morgan fingerprint density at radius 1 is 1.04 bits per heavy atom. The lowest BCUT2D eigenvalue weighted by Gasteiger charge is -2.07. The third-order valence-electron chi connectivity index (χ3n) is 3.28. The van der Waals surface area contributed by atoms with Crippen molar-refractivity contribution in [3.05, 3.63) is 24.3 Å². The van der Waals surface area contributed by atoms with Gasteiger partial charge in [-0.25, -0.2) is 4.79 Å². The van der Waals surface area contributed by atoms with Gasteiger partial charge in [0.25, 0.3) is 0 Å². The van der Waals surface area contributed by atoms with E-state index in [0.717, 1.165) is 25.3 Å². The molecular formula is C16H24O6S. The summed E-state index contributed by atoms with van der Waals surface area (Å²) < 4.78 is 32.7.